The van der Waals surface area contributed by atoms with Gasteiger partial charge in [-0.2, -0.15) is 0 Å². The van der Waals surface area contributed by atoms with Gasteiger partial charge >= 0.3 is 0 Å². The highest BCUT2D eigenvalue weighted by Gasteiger charge is 2.37. The van der Waals surface area contributed by atoms with Crippen LogP contribution >= 0.6 is 0 Å². The number of ether oxygens (including phenoxy) is 1. The van der Waals surface area contributed by atoms with E-state index in [4.69, 9.17) is 4.74 Å². The van der Waals surface area contributed by atoms with Crippen molar-refractivity contribution in [3.05, 3.63) is 0 Å². The molecule has 0 aromatic heterocycles. The van der Waals surface area contributed by atoms with Crippen LogP contribution in [0.1, 0.15) is 32.1 Å². The first-order valence-corrected chi connectivity index (χ1v) is 5.08. The largest absolute Gasteiger partial charge is 0.381 e. The lowest BCUT2D eigenvalue weighted by atomic mass is 9.73. The zero-order chi connectivity index (χ0) is 8.44. The molecule has 2 nitrogen and oxygen atoms in total. The standard InChI is InChI=1S/C10H19NO/c1-12-9-2-4-10(5-3-9)6-7-11-8-10/h9,11H,2-8H2,1H3. The highest BCUT2D eigenvalue weighted by atomic mass is 16.5. The van der Waals surface area contributed by atoms with Gasteiger partial charge in [-0.15, -0.1) is 0 Å². The third-order valence-electron chi connectivity index (χ3n) is 3.66. The van der Waals surface area contributed by atoms with E-state index in [1.54, 1.807) is 0 Å². The summed E-state index contributed by atoms with van der Waals surface area (Å²) in [6.45, 7) is 2.49. The Hall–Kier alpha value is -0.0800. The molecule has 0 atom stereocenters. The van der Waals surface area contributed by atoms with Crippen molar-refractivity contribution in [1.82, 2.24) is 5.32 Å². The van der Waals surface area contributed by atoms with E-state index in [0.29, 0.717) is 11.5 Å². The fourth-order valence-electron chi connectivity index (χ4n) is 2.66. The lowest BCUT2D eigenvalue weighted by Gasteiger charge is -2.35. The Morgan fingerprint density at radius 3 is 2.50 bits per heavy atom. The van der Waals surface area contributed by atoms with Crippen LogP contribution in [0.25, 0.3) is 0 Å². The van der Waals surface area contributed by atoms with Gasteiger partial charge < -0.3 is 10.1 Å². The van der Waals surface area contributed by atoms with Crippen molar-refractivity contribution >= 4 is 0 Å². The summed E-state index contributed by atoms with van der Waals surface area (Å²) < 4.78 is 5.37. The molecule has 0 amide bonds. The molecular weight excluding hydrogens is 150 g/mol. The van der Waals surface area contributed by atoms with Gasteiger partial charge in [-0.1, -0.05) is 0 Å². The molecule has 12 heavy (non-hydrogen) atoms. The first-order valence-electron chi connectivity index (χ1n) is 5.08. The third-order valence-corrected chi connectivity index (χ3v) is 3.66. The molecule has 2 fully saturated rings. The molecule has 0 aromatic rings. The van der Waals surface area contributed by atoms with Crippen molar-refractivity contribution in [1.29, 1.82) is 0 Å². The summed E-state index contributed by atoms with van der Waals surface area (Å²) in [7, 11) is 1.84. The van der Waals surface area contributed by atoms with Gasteiger partial charge in [0.1, 0.15) is 0 Å². The predicted octanol–water partition coefficient (Wildman–Crippen LogP) is 1.56. The van der Waals surface area contributed by atoms with E-state index in [1.807, 2.05) is 7.11 Å². The molecule has 0 aromatic carbocycles. The lowest BCUT2D eigenvalue weighted by Crippen LogP contribution is -2.32. The van der Waals surface area contributed by atoms with E-state index in [0.717, 1.165) is 0 Å². The molecule has 1 heterocycles. The summed E-state index contributed by atoms with van der Waals surface area (Å²) in [6.07, 6.45) is 7.24. The van der Waals surface area contributed by atoms with Crippen molar-refractivity contribution in [3.63, 3.8) is 0 Å². The molecule has 70 valence electrons. The smallest absolute Gasteiger partial charge is 0.0571 e. The van der Waals surface area contributed by atoms with E-state index >= 15 is 0 Å². The minimum absolute atomic E-state index is 0.552. The zero-order valence-electron chi connectivity index (χ0n) is 7.94. The highest BCUT2D eigenvalue weighted by Crippen LogP contribution is 2.41. The topological polar surface area (TPSA) is 21.3 Å². The van der Waals surface area contributed by atoms with E-state index in [2.05, 4.69) is 5.32 Å². The van der Waals surface area contributed by atoms with Crippen LogP contribution in [0.4, 0.5) is 0 Å². The molecule has 0 radical (unpaired) electrons. The average Bonchev–Trinajstić information content (AvgIpc) is 2.55. The first kappa shape index (κ1) is 8.52. The summed E-state index contributed by atoms with van der Waals surface area (Å²) in [5.74, 6) is 0. The van der Waals surface area contributed by atoms with Crippen molar-refractivity contribution in [3.8, 4) is 0 Å². The van der Waals surface area contributed by atoms with Gasteiger partial charge in [-0.25, -0.2) is 0 Å². The van der Waals surface area contributed by atoms with Gasteiger partial charge in [-0.3, -0.25) is 0 Å². The van der Waals surface area contributed by atoms with Crippen LogP contribution < -0.4 is 5.32 Å². The molecule has 0 unspecified atom stereocenters. The highest BCUT2D eigenvalue weighted by molar-refractivity contribution is 4.91. The molecule has 1 spiro atoms. The number of methoxy groups -OCH3 is 1. The molecule has 2 aliphatic rings. The van der Waals surface area contributed by atoms with Crippen molar-refractivity contribution in [2.75, 3.05) is 20.2 Å². The van der Waals surface area contributed by atoms with E-state index in [9.17, 15) is 0 Å². The van der Waals surface area contributed by atoms with Crippen LogP contribution in [-0.2, 0) is 4.74 Å². The van der Waals surface area contributed by atoms with Gasteiger partial charge in [0.15, 0.2) is 0 Å². The summed E-state index contributed by atoms with van der Waals surface area (Å²) in [4.78, 5) is 0. The van der Waals surface area contributed by atoms with Gasteiger partial charge in [0.2, 0.25) is 0 Å². The minimum Gasteiger partial charge on any atom is -0.381 e. The van der Waals surface area contributed by atoms with Crippen LogP contribution in [0.15, 0.2) is 0 Å². The molecule has 1 N–H and O–H groups in total. The Morgan fingerprint density at radius 2 is 2.00 bits per heavy atom. The second-order valence-corrected chi connectivity index (χ2v) is 4.36. The molecule has 1 saturated heterocycles. The van der Waals surface area contributed by atoms with Crippen molar-refractivity contribution in [2.45, 2.75) is 38.2 Å². The van der Waals surface area contributed by atoms with Crippen LogP contribution in [0.5, 0.6) is 0 Å². The number of rotatable bonds is 1. The fourth-order valence-corrected chi connectivity index (χ4v) is 2.66. The molecular formula is C10H19NO. The Balaban J connectivity index is 1.88. The van der Waals surface area contributed by atoms with Crippen LogP contribution in [0, 0.1) is 5.41 Å². The Labute approximate surface area is 74.7 Å². The van der Waals surface area contributed by atoms with Gasteiger partial charge in [0, 0.05) is 13.7 Å². The average molecular weight is 169 g/mol. The molecule has 2 heteroatoms. The molecule has 0 bridgehead atoms. The first-order chi connectivity index (χ1) is 5.85. The molecule has 2 rings (SSSR count). The summed E-state index contributed by atoms with van der Waals surface area (Å²) in [5.41, 5.74) is 0.662. The third kappa shape index (κ3) is 1.50. The van der Waals surface area contributed by atoms with Crippen molar-refractivity contribution in [2.24, 2.45) is 5.41 Å². The maximum atomic E-state index is 5.37. The predicted molar refractivity (Wildman–Crippen MR) is 49.2 cm³/mol. The lowest BCUT2D eigenvalue weighted by molar-refractivity contribution is 0.0329. The second kappa shape index (κ2) is 3.35. The maximum Gasteiger partial charge on any atom is 0.0571 e. The van der Waals surface area contributed by atoms with E-state index in [-0.39, 0.29) is 0 Å². The number of nitrogens with one attached hydrogen (secondary N) is 1. The normalized spacial score (nSPS) is 42.2. The van der Waals surface area contributed by atoms with E-state index < -0.39 is 0 Å². The maximum absolute atomic E-state index is 5.37. The summed E-state index contributed by atoms with van der Waals surface area (Å²) in [6, 6.07) is 0. The van der Waals surface area contributed by atoms with Gasteiger partial charge in [-0.05, 0) is 44.1 Å². The molecule has 1 aliphatic heterocycles. The second-order valence-electron chi connectivity index (χ2n) is 4.36. The monoisotopic (exact) mass is 169 g/mol. The van der Waals surface area contributed by atoms with Crippen LogP contribution in [0.2, 0.25) is 0 Å². The fraction of sp³-hybridized carbons (Fsp3) is 1.00. The van der Waals surface area contributed by atoms with E-state index in [1.165, 1.54) is 45.2 Å². The Bertz CT molecular complexity index is 142. The van der Waals surface area contributed by atoms with Gasteiger partial charge in [0.25, 0.3) is 0 Å². The van der Waals surface area contributed by atoms with Gasteiger partial charge in [0.05, 0.1) is 6.10 Å². The molecule has 1 aliphatic carbocycles. The summed E-state index contributed by atoms with van der Waals surface area (Å²) >= 11 is 0. The zero-order valence-corrected chi connectivity index (χ0v) is 7.94. The minimum atomic E-state index is 0.552. The van der Waals surface area contributed by atoms with Crippen LogP contribution in [0.3, 0.4) is 0 Å². The van der Waals surface area contributed by atoms with Crippen molar-refractivity contribution < 1.29 is 4.74 Å². The summed E-state index contributed by atoms with van der Waals surface area (Å²) in [5, 5.41) is 3.47. The quantitative estimate of drug-likeness (QED) is 0.643. The Kier molecular flexibility index (Phi) is 2.37. The van der Waals surface area contributed by atoms with Crippen LogP contribution in [-0.4, -0.2) is 26.3 Å². The molecule has 1 saturated carbocycles. The number of hydrogen-bond donors (Lipinski definition) is 1. The Morgan fingerprint density at radius 1 is 1.25 bits per heavy atom. The SMILES string of the molecule is COC1CCC2(CCNC2)CC1. The number of hydrogen-bond acceptors (Lipinski definition) is 2.